The largest absolute Gasteiger partial charge is 0.349 e. The molecule has 0 spiro atoms. The van der Waals surface area contributed by atoms with Gasteiger partial charge in [0.15, 0.2) is 0 Å². The maximum Gasteiger partial charge on any atom is 0.274 e. The fourth-order valence-corrected chi connectivity index (χ4v) is 5.29. The van der Waals surface area contributed by atoms with Crippen molar-refractivity contribution in [2.75, 3.05) is 0 Å². The highest BCUT2D eigenvalue weighted by atomic mass is 16.5. The molecule has 0 heterocycles. The lowest BCUT2D eigenvalue weighted by Gasteiger charge is -2.28. The molecule has 0 radical (unpaired) electrons. The summed E-state index contributed by atoms with van der Waals surface area (Å²) in [5.41, 5.74) is 4.34. The first kappa shape index (κ1) is 16.6. The molecule has 4 rings (SSSR count). The van der Waals surface area contributed by atoms with Crippen LogP contribution in [-0.2, 0) is 11.2 Å². The number of hydrogen-bond donors (Lipinski definition) is 3. The molecule has 0 saturated heterocycles. The zero-order valence-corrected chi connectivity index (χ0v) is 14.5. The van der Waals surface area contributed by atoms with E-state index < -0.39 is 5.91 Å². The summed E-state index contributed by atoms with van der Waals surface area (Å²) in [6.07, 6.45) is 8.75. The van der Waals surface area contributed by atoms with Gasteiger partial charge in [-0.15, -0.1) is 0 Å². The van der Waals surface area contributed by atoms with Crippen LogP contribution in [0.3, 0.4) is 0 Å². The number of benzene rings is 1. The van der Waals surface area contributed by atoms with Crippen LogP contribution in [-0.4, -0.2) is 17.0 Å². The minimum absolute atomic E-state index is 0.0427. The molecular formula is C20H26N2O3. The fraction of sp³-hybridized carbons (Fsp3) is 0.600. The molecule has 2 amide bonds. The molecule has 3 aliphatic rings. The average Bonchev–Trinajstić information content (AvgIpc) is 3.23. The van der Waals surface area contributed by atoms with Crippen LogP contribution in [0.15, 0.2) is 18.2 Å². The van der Waals surface area contributed by atoms with Crippen molar-refractivity contribution in [3.05, 3.63) is 34.9 Å². The van der Waals surface area contributed by atoms with Gasteiger partial charge in [-0.25, -0.2) is 5.48 Å². The molecule has 3 aliphatic carbocycles. The van der Waals surface area contributed by atoms with Crippen LogP contribution in [0.25, 0.3) is 0 Å². The summed E-state index contributed by atoms with van der Waals surface area (Å²) in [5, 5.41) is 12.0. The molecule has 1 aromatic carbocycles. The Balaban J connectivity index is 1.42. The molecular weight excluding hydrogens is 316 g/mol. The Morgan fingerprint density at radius 2 is 2.04 bits per heavy atom. The third-order valence-electron chi connectivity index (χ3n) is 6.49. The number of hydrogen-bond acceptors (Lipinski definition) is 3. The van der Waals surface area contributed by atoms with E-state index in [1.165, 1.54) is 25.7 Å². The number of rotatable bonds is 4. The molecule has 2 bridgehead atoms. The Hall–Kier alpha value is -1.88. The van der Waals surface area contributed by atoms with Crippen LogP contribution < -0.4 is 10.8 Å². The van der Waals surface area contributed by atoms with E-state index in [1.807, 2.05) is 12.1 Å². The van der Waals surface area contributed by atoms with E-state index in [2.05, 4.69) is 5.32 Å². The van der Waals surface area contributed by atoms with Gasteiger partial charge in [0.2, 0.25) is 5.91 Å². The van der Waals surface area contributed by atoms with Crippen LogP contribution >= 0.6 is 0 Å². The summed E-state index contributed by atoms with van der Waals surface area (Å²) in [6, 6.07) is 5.50. The molecule has 3 N–H and O–H groups in total. The monoisotopic (exact) mass is 342 g/mol. The van der Waals surface area contributed by atoms with Crippen molar-refractivity contribution >= 4 is 11.8 Å². The summed E-state index contributed by atoms with van der Waals surface area (Å²) < 4.78 is 0. The van der Waals surface area contributed by atoms with Crippen LogP contribution in [0, 0.1) is 17.8 Å². The molecule has 2 fully saturated rings. The molecule has 5 nitrogen and oxygen atoms in total. The van der Waals surface area contributed by atoms with Gasteiger partial charge in [-0.2, -0.15) is 0 Å². The lowest BCUT2D eigenvalue weighted by Crippen LogP contribution is -2.33. The van der Waals surface area contributed by atoms with Crippen molar-refractivity contribution < 1.29 is 14.8 Å². The van der Waals surface area contributed by atoms with Crippen molar-refractivity contribution in [2.24, 2.45) is 17.8 Å². The molecule has 2 saturated carbocycles. The third kappa shape index (κ3) is 3.30. The second kappa shape index (κ2) is 6.79. The summed E-state index contributed by atoms with van der Waals surface area (Å²) in [7, 11) is 0. The van der Waals surface area contributed by atoms with Gasteiger partial charge >= 0.3 is 0 Å². The molecule has 134 valence electrons. The fourth-order valence-electron chi connectivity index (χ4n) is 5.29. The minimum Gasteiger partial charge on any atom is -0.349 e. The maximum atomic E-state index is 12.6. The maximum absolute atomic E-state index is 12.6. The summed E-state index contributed by atoms with van der Waals surface area (Å²) in [4.78, 5) is 24.2. The van der Waals surface area contributed by atoms with Crippen LogP contribution in [0.4, 0.5) is 0 Å². The molecule has 0 aromatic heterocycles. The van der Waals surface area contributed by atoms with Crippen LogP contribution in [0.1, 0.15) is 72.5 Å². The number of fused-ring (bicyclic) bond motifs is 3. The van der Waals surface area contributed by atoms with Gasteiger partial charge in [0, 0.05) is 12.0 Å². The SMILES string of the molecule is O=C(CC1CC2CCC1C2)NC1CCCc2cc(C(=O)NO)ccc21. The van der Waals surface area contributed by atoms with Gasteiger partial charge in [0.05, 0.1) is 6.04 Å². The standard InChI is InChI=1S/C20H26N2O3/c23-19(11-16-9-12-4-5-13(16)8-12)21-18-3-1-2-14-10-15(20(24)22-25)6-7-17(14)18/h6-7,10,12-13,16,18,25H,1-5,8-9,11H2,(H,21,23)(H,22,24). The van der Waals surface area contributed by atoms with E-state index in [-0.39, 0.29) is 11.9 Å². The van der Waals surface area contributed by atoms with Crippen molar-refractivity contribution in [3.8, 4) is 0 Å². The smallest absolute Gasteiger partial charge is 0.274 e. The molecule has 4 atom stereocenters. The number of nitrogens with one attached hydrogen (secondary N) is 2. The minimum atomic E-state index is -0.495. The van der Waals surface area contributed by atoms with Gasteiger partial charge in [-0.05, 0) is 79.5 Å². The topological polar surface area (TPSA) is 78.4 Å². The molecule has 0 aliphatic heterocycles. The zero-order chi connectivity index (χ0) is 17.4. The second-order valence-electron chi connectivity index (χ2n) is 8.01. The van der Waals surface area contributed by atoms with Crippen LogP contribution in [0.5, 0.6) is 0 Å². The summed E-state index contributed by atoms with van der Waals surface area (Å²) in [6.45, 7) is 0. The first-order valence-corrected chi connectivity index (χ1v) is 9.50. The third-order valence-corrected chi connectivity index (χ3v) is 6.49. The highest BCUT2D eigenvalue weighted by Crippen LogP contribution is 2.49. The molecule has 5 heteroatoms. The lowest BCUT2D eigenvalue weighted by molar-refractivity contribution is -0.123. The number of carbonyl (C=O) groups is 2. The summed E-state index contributed by atoms with van der Waals surface area (Å²) in [5.74, 6) is 1.90. The van der Waals surface area contributed by atoms with E-state index in [1.54, 1.807) is 11.5 Å². The van der Waals surface area contributed by atoms with E-state index in [4.69, 9.17) is 5.21 Å². The van der Waals surface area contributed by atoms with E-state index in [0.717, 1.165) is 42.2 Å². The number of aryl methyl sites for hydroxylation is 1. The first-order valence-electron chi connectivity index (χ1n) is 9.50. The van der Waals surface area contributed by atoms with Gasteiger partial charge in [0.1, 0.15) is 0 Å². The Bertz CT molecular complexity index is 688. The van der Waals surface area contributed by atoms with Gasteiger partial charge in [-0.1, -0.05) is 12.5 Å². The second-order valence-corrected chi connectivity index (χ2v) is 8.01. The normalized spacial score (nSPS) is 30.0. The van der Waals surface area contributed by atoms with Crippen molar-refractivity contribution in [2.45, 2.75) is 57.4 Å². The highest BCUT2D eigenvalue weighted by Gasteiger charge is 2.40. The molecule has 1 aromatic rings. The predicted octanol–water partition coefficient (Wildman–Crippen LogP) is 3.13. The van der Waals surface area contributed by atoms with Crippen molar-refractivity contribution in [1.29, 1.82) is 0 Å². The number of hydroxylamine groups is 1. The molecule has 25 heavy (non-hydrogen) atoms. The first-order chi connectivity index (χ1) is 12.1. The molecule has 4 unspecified atom stereocenters. The Morgan fingerprint density at radius 3 is 2.76 bits per heavy atom. The number of amides is 2. The van der Waals surface area contributed by atoms with Gasteiger partial charge in [-0.3, -0.25) is 14.8 Å². The quantitative estimate of drug-likeness (QED) is 0.581. The van der Waals surface area contributed by atoms with Crippen molar-refractivity contribution in [1.82, 2.24) is 10.8 Å². The van der Waals surface area contributed by atoms with Gasteiger partial charge in [0.25, 0.3) is 5.91 Å². The average molecular weight is 342 g/mol. The van der Waals surface area contributed by atoms with Crippen molar-refractivity contribution in [3.63, 3.8) is 0 Å². The highest BCUT2D eigenvalue weighted by molar-refractivity contribution is 5.93. The Morgan fingerprint density at radius 1 is 1.16 bits per heavy atom. The van der Waals surface area contributed by atoms with E-state index in [9.17, 15) is 9.59 Å². The zero-order valence-electron chi connectivity index (χ0n) is 14.5. The summed E-state index contributed by atoms with van der Waals surface area (Å²) >= 11 is 0. The number of carbonyl (C=O) groups excluding carboxylic acids is 2. The lowest BCUT2D eigenvalue weighted by atomic mass is 9.84. The van der Waals surface area contributed by atoms with Gasteiger partial charge < -0.3 is 5.32 Å². The van der Waals surface area contributed by atoms with Crippen LogP contribution in [0.2, 0.25) is 0 Å². The van der Waals surface area contributed by atoms with E-state index in [0.29, 0.717) is 17.9 Å². The Kier molecular flexibility index (Phi) is 4.50. The predicted molar refractivity (Wildman–Crippen MR) is 93.1 cm³/mol. The Labute approximate surface area is 148 Å². The van der Waals surface area contributed by atoms with E-state index >= 15 is 0 Å².